The molecule has 1 amide bonds. The fourth-order valence-electron chi connectivity index (χ4n) is 3.10. The normalized spacial score (nSPS) is 12.5. The van der Waals surface area contributed by atoms with Crippen LogP contribution >= 0.6 is 23.2 Å². The smallest absolute Gasteiger partial charge is 0.243 e. The van der Waals surface area contributed by atoms with Gasteiger partial charge in [-0.3, -0.25) is 4.79 Å². The van der Waals surface area contributed by atoms with E-state index in [-0.39, 0.29) is 17.3 Å². The summed E-state index contributed by atoms with van der Waals surface area (Å²) >= 11 is 11.9. The number of nitrogens with one attached hydrogen (secondary N) is 1. The molecule has 0 radical (unpaired) electrons. The molecule has 0 aromatic heterocycles. The third-order valence-corrected chi connectivity index (χ3v) is 7.06. The Labute approximate surface area is 196 Å². The van der Waals surface area contributed by atoms with Crippen molar-refractivity contribution >= 4 is 39.1 Å². The number of benzene rings is 3. The predicted octanol–water partition coefficient (Wildman–Crippen LogP) is 5.20. The van der Waals surface area contributed by atoms with Crippen molar-refractivity contribution in [3.05, 3.63) is 99.8 Å². The van der Waals surface area contributed by atoms with Crippen LogP contribution in [-0.2, 0) is 21.4 Å². The highest BCUT2D eigenvalue weighted by molar-refractivity contribution is 7.89. The number of nitrogens with zero attached hydrogens (tertiary/aromatic N) is 1. The van der Waals surface area contributed by atoms with E-state index < -0.39 is 28.5 Å². The molecule has 3 aromatic rings. The van der Waals surface area contributed by atoms with Crippen LogP contribution in [0.3, 0.4) is 0 Å². The van der Waals surface area contributed by atoms with Crippen LogP contribution in [0.2, 0.25) is 10.0 Å². The fraction of sp³-hybridized carbons (Fsp3) is 0.174. The third kappa shape index (κ3) is 6.29. The molecule has 168 valence electrons. The number of hydrogen-bond donors (Lipinski definition) is 1. The number of sulfonamides is 1. The summed E-state index contributed by atoms with van der Waals surface area (Å²) < 4.78 is 40.8. The second-order valence-corrected chi connectivity index (χ2v) is 10.0. The Kier molecular flexibility index (Phi) is 7.90. The highest BCUT2D eigenvalue weighted by Crippen LogP contribution is 2.22. The Morgan fingerprint density at radius 3 is 2.28 bits per heavy atom. The molecule has 0 bridgehead atoms. The van der Waals surface area contributed by atoms with Gasteiger partial charge < -0.3 is 5.32 Å². The molecular formula is C23H21Cl2FN2O3S. The summed E-state index contributed by atoms with van der Waals surface area (Å²) in [5.41, 5.74) is 1.33. The first kappa shape index (κ1) is 24.2. The number of halogens is 3. The molecule has 0 aliphatic rings. The van der Waals surface area contributed by atoms with Gasteiger partial charge in [0.1, 0.15) is 5.82 Å². The van der Waals surface area contributed by atoms with Crippen LogP contribution in [0.25, 0.3) is 0 Å². The van der Waals surface area contributed by atoms with E-state index in [9.17, 15) is 17.6 Å². The van der Waals surface area contributed by atoms with Gasteiger partial charge in [0.2, 0.25) is 15.9 Å². The number of amides is 1. The van der Waals surface area contributed by atoms with Crippen molar-refractivity contribution in [1.82, 2.24) is 9.62 Å². The molecule has 1 atom stereocenters. The van der Waals surface area contributed by atoms with Gasteiger partial charge in [0.05, 0.1) is 17.5 Å². The van der Waals surface area contributed by atoms with Gasteiger partial charge in [-0.2, -0.15) is 4.31 Å². The molecule has 3 rings (SSSR count). The summed E-state index contributed by atoms with van der Waals surface area (Å²) in [6, 6.07) is 17.8. The van der Waals surface area contributed by atoms with Crippen molar-refractivity contribution in [2.45, 2.75) is 24.4 Å². The number of carbonyl (C=O) groups is 1. The standard InChI is InChI=1S/C23H21Cl2FN2O3S/c1-16(18-5-9-21(26)10-6-18)27-23(29)15-28(14-17-3-2-4-20(25)13-17)32(30,31)22-11-7-19(24)8-12-22/h2-13,16H,14-15H2,1H3,(H,27,29)/t16-/m1/s1. The molecule has 0 aliphatic carbocycles. The quantitative estimate of drug-likeness (QED) is 0.467. The zero-order valence-electron chi connectivity index (χ0n) is 17.1. The molecule has 0 fully saturated rings. The molecule has 0 saturated carbocycles. The first-order valence-electron chi connectivity index (χ1n) is 9.70. The van der Waals surface area contributed by atoms with E-state index in [0.717, 1.165) is 4.31 Å². The summed E-state index contributed by atoms with van der Waals surface area (Å²) in [6.45, 7) is 1.27. The lowest BCUT2D eigenvalue weighted by Gasteiger charge is -2.23. The lowest BCUT2D eigenvalue weighted by Crippen LogP contribution is -2.41. The monoisotopic (exact) mass is 494 g/mol. The van der Waals surface area contributed by atoms with Crippen LogP contribution in [-0.4, -0.2) is 25.2 Å². The van der Waals surface area contributed by atoms with Crippen LogP contribution in [0.15, 0.2) is 77.7 Å². The molecule has 0 heterocycles. The second kappa shape index (κ2) is 10.4. The van der Waals surface area contributed by atoms with Gasteiger partial charge in [-0.1, -0.05) is 47.5 Å². The van der Waals surface area contributed by atoms with E-state index in [4.69, 9.17) is 23.2 Å². The Balaban J connectivity index is 1.83. The van der Waals surface area contributed by atoms with E-state index >= 15 is 0 Å². The Hall–Kier alpha value is -2.45. The minimum atomic E-state index is -4.01. The lowest BCUT2D eigenvalue weighted by molar-refractivity contribution is -0.122. The van der Waals surface area contributed by atoms with E-state index in [2.05, 4.69) is 5.32 Å². The zero-order chi connectivity index (χ0) is 23.3. The van der Waals surface area contributed by atoms with Crippen LogP contribution in [0, 0.1) is 5.82 Å². The van der Waals surface area contributed by atoms with E-state index in [1.165, 1.54) is 36.4 Å². The van der Waals surface area contributed by atoms with Crippen molar-refractivity contribution in [3.8, 4) is 0 Å². The van der Waals surface area contributed by atoms with Crippen molar-refractivity contribution < 1.29 is 17.6 Å². The maximum Gasteiger partial charge on any atom is 0.243 e. The molecule has 0 unspecified atom stereocenters. The minimum absolute atomic E-state index is 0.0170. The zero-order valence-corrected chi connectivity index (χ0v) is 19.5. The summed E-state index contributed by atoms with van der Waals surface area (Å²) in [5, 5.41) is 3.62. The molecular weight excluding hydrogens is 474 g/mol. The molecule has 32 heavy (non-hydrogen) atoms. The Morgan fingerprint density at radius 2 is 1.66 bits per heavy atom. The molecule has 0 saturated heterocycles. The van der Waals surface area contributed by atoms with Gasteiger partial charge in [-0.15, -0.1) is 0 Å². The van der Waals surface area contributed by atoms with Gasteiger partial charge in [-0.05, 0) is 66.6 Å². The van der Waals surface area contributed by atoms with Crippen molar-refractivity contribution in [1.29, 1.82) is 0 Å². The van der Waals surface area contributed by atoms with Crippen molar-refractivity contribution in [2.75, 3.05) is 6.54 Å². The highest BCUT2D eigenvalue weighted by Gasteiger charge is 2.27. The van der Waals surface area contributed by atoms with Gasteiger partial charge in [0, 0.05) is 16.6 Å². The maximum atomic E-state index is 13.3. The third-order valence-electron chi connectivity index (χ3n) is 4.77. The van der Waals surface area contributed by atoms with Crippen molar-refractivity contribution in [3.63, 3.8) is 0 Å². The molecule has 1 N–H and O–H groups in total. The predicted molar refractivity (Wildman–Crippen MR) is 123 cm³/mol. The van der Waals surface area contributed by atoms with Gasteiger partial charge >= 0.3 is 0 Å². The summed E-state index contributed by atoms with van der Waals surface area (Å²) in [7, 11) is -4.01. The SMILES string of the molecule is C[C@@H](NC(=O)CN(Cc1cccc(Cl)c1)S(=O)(=O)c1ccc(Cl)cc1)c1ccc(F)cc1. The maximum absolute atomic E-state index is 13.3. The van der Waals surface area contributed by atoms with E-state index in [1.807, 2.05) is 0 Å². The molecule has 9 heteroatoms. The Morgan fingerprint density at radius 1 is 1.00 bits per heavy atom. The molecule has 0 spiro atoms. The van der Waals surface area contributed by atoms with Crippen LogP contribution < -0.4 is 5.32 Å². The molecule has 3 aromatic carbocycles. The van der Waals surface area contributed by atoms with Gasteiger partial charge in [-0.25, -0.2) is 12.8 Å². The number of hydrogen-bond acceptors (Lipinski definition) is 3. The lowest BCUT2D eigenvalue weighted by atomic mass is 10.1. The molecule has 5 nitrogen and oxygen atoms in total. The number of carbonyl (C=O) groups excluding carboxylic acids is 1. The average molecular weight is 495 g/mol. The number of rotatable bonds is 8. The first-order valence-corrected chi connectivity index (χ1v) is 11.9. The van der Waals surface area contributed by atoms with Gasteiger partial charge in [0.25, 0.3) is 0 Å². The molecule has 0 aliphatic heterocycles. The topological polar surface area (TPSA) is 66.5 Å². The largest absolute Gasteiger partial charge is 0.348 e. The van der Waals surface area contributed by atoms with Gasteiger partial charge in [0.15, 0.2) is 0 Å². The van der Waals surface area contributed by atoms with E-state index in [0.29, 0.717) is 21.2 Å². The van der Waals surface area contributed by atoms with Crippen LogP contribution in [0.5, 0.6) is 0 Å². The summed E-state index contributed by atoms with van der Waals surface area (Å²) in [4.78, 5) is 12.8. The first-order chi connectivity index (χ1) is 15.1. The van der Waals surface area contributed by atoms with Crippen LogP contribution in [0.1, 0.15) is 24.1 Å². The van der Waals surface area contributed by atoms with Crippen LogP contribution in [0.4, 0.5) is 4.39 Å². The highest BCUT2D eigenvalue weighted by atomic mass is 35.5. The average Bonchev–Trinajstić information content (AvgIpc) is 2.74. The van der Waals surface area contributed by atoms with Crippen molar-refractivity contribution in [2.24, 2.45) is 0 Å². The summed E-state index contributed by atoms with van der Waals surface area (Å²) in [5.74, 6) is -0.879. The van der Waals surface area contributed by atoms with E-state index in [1.54, 1.807) is 43.3 Å². The Bertz CT molecular complexity index is 1190. The minimum Gasteiger partial charge on any atom is -0.348 e. The summed E-state index contributed by atoms with van der Waals surface area (Å²) in [6.07, 6.45) is 0. The fourth-order valence-corrected chi connectivity index (χ4v) is 4.83. The second-order valence-electron chi connectivity index (χ2n) is 7.20.